The van der Waals surface area contributed by atoms with E-state index in [2.05, 4.69) is 5.32 Å². The summed E-state index contributed by atoms with van der Waals surface area (Å²) in [6, 6.07) is 10.1. The van der Waals surface area contributed by atoms with Crippen LogP contribution in [0, 0.1) is 0 Å². The zero-order valence-corrected chi connectivity index (χ0v) is 18.3. The van der Waals surface area contributed by atoms with Gasteiger partial charge in [-0.1, -0.05) is 17.7 Å². The van der Waals surface area contributed by atoms with E-state index in [0.717, 1.165) is 10.2 Å². The summed E-state index contributed by atoms with van der Waals surface area (Å²) in [5, 5.41) is 12.8. The highest BCUT2D eigenvalue weighted by Gasteiger charge is 2.28. The predicted molar refractivity (Wildman–Crippen MR) is 117 cm³/mol. The fourth-order valence-corrected chi connectivity index (χ4v) is 5.42. The SMILES string of the molecule is O=C(O)N1CCC(Nc2cccc3c2c(C(F)F)cn3S(=O)(=O)c2ccc(Cl)cc2)CC1. The molecular formula is C21H20ClF2N3O4S. The highest BCUT2D eigenvalue weighted by Crippen LogP contribution is 2.37. The van der Waals surface area contributed by atoms with Crippen molar-refractivity contribution < 1.29 is 27.1 Å². The molecule has 0 radical (unpaired) electrons. The summed E-state index contributed by atoms with van der Waals surface area (Å²) in [6.07, 6.45) is -1.91. The molecule has 1 aliphatic heterocycles. The van der Waals surface area contributed by atoms with E-state index in [1.807, 2.05) is 0 Å². The van der Waals surface area contributed by atoms with E-state index in [9.17, 15) is 22.0 Å². The third-order valence-electron chi connectivity index (χ3n) is 5.56. The highest BCUT2D eigenvalue weighted by atomic mass is 35.5. The Hall–Kier alpha value is -2.85. The molecule has 1 saturated heterocycles. The lowest BCUT2D eigenvalue weighted by Crippen LogP contribution is -2.41. The summed E-state index contributed by atoms with van der Waals surface area (Å²) in [4.78, 5) is 12.3. The van der Waals surface area contributed by atoms with Gasteiger partial charge in [0, 0.05) is 47.0 Å². The quantitative estimate of drug-likeness (QED) is 0.531. The van der Waals surface area contributed by atoms with Crippen LogP contribution in [0.2, 0.25) is 5.02 Å². The number of aromatic nitrogens is 1. The van der Waals surface area contributed by atoms with Crippen LogP contribution in [0.5, 0.6) is 0 Å². The first-order chi connectivity index (χ1) is 15.2. The van der Waals surface area contributed by atoms with Crippen LogP contribution >= 0.6 is 11.6 Å². The number of carbonyl (C=O) groups is 1. The number of alkyl halides is 2. The molecule has 0 atom stereocenters. The van der Waals surface area contributed by atoms with Crippen molar-refractivity contribution in [3.05, 3.63) is 59.2 Å². The highest BCUT2D eigenvalue weighted by molar-refractivity contribution is 7.90. The standard InChI is InChI=1S/C21H20ClF2N3O4S/c22-13-4-6-15(7-5-13)32(30,31)27-12-16(20(23)24)19-17(2-1-3-18(19)27)25-14-8-10-26(11-9-14)21(28)29/h1-7,12,14,20,25H,8-11H2,(H,28,29). The van der Waals surface area contributed by atoms with E-state index in [-0.39, 0.29) is 21.8 Å². The van der Waals surface area contributed by atoms with Gasteiger partial charge in [0.2, 0.25) is 0 Å². The summed E-state index contributed by atoms with van der Waals surface area (Å²) in [7, 11) is -4.14. The average molecular weight is 484 g/mol. The molecule has 32 heavy (non-hydrogen) atoms. The second-order valence-corrected chi connectivity index (χ2v) is 9.78. The fourth-order valence-electron chi connectivity index (χ4n) is 3.93. The second kappa shape index (κ2) is 8.59. The molecule has 1 aliphatic rings. The minimum Gasteiger partial charge on any atom is -0.465 e. The van der Waals surface area contributed by atoms with Gasteiger partial charge in [-0.15, -0.1) is 0 Å². The summed E-state index contributed by atoms with van der Waals surface area (Å²) in [6.45, 7) is 0.660. The third kappa shape index (κ3) is 4.12. The molecule has 7 nitrogen and oxygen atoms in total. The van der Waals surface area contributed by atoms with Gasteiger partial charge in [0.1, 0.15) is 0 Å². The Labute approximate surface area is 188 Å². The van der Waals surface area contributed by atoms with Gasteiger partial charge in [-0.3, -0.25) is 0 Å². The molecule has 4 rings (SSSR count). The molecule has 11 heteroatoms. The van der Waals surface area contributed by atoms with Crippen LogP contribution in [0.4, 0.5) is 19.3 Å². The number of halogens is 3. The van der Waals surface area contributed by atoms with Crippen LogP contribution in [-0.2, 0) is 10.0 Å². The van der Waals surface area contributed by atoms with Crippen LogP contribution < -0.4 is 5.32 Å². The van der Waals surface area contributed by atoms with Crippen LogP contribution in [0.3, 0.4) is 0 Å². The zero-order chi connectivity index (χ0) is 23.0. The van der Waals surface area contributed by atoms with Crippen molar-refractivity contribution in [1.82, 2.24) is 8.87 Å². The molecule has 0 bridgehead atoms. The Morgan fingerprint density at radius 2 is 1.78 bits per heavy atom. The molecule has 0 saturated carbocycles. The van der Waals surface area contributed by atoms with E-state index in [1.165, 1.54) is 35.2 Å². The number of likely N-dealkylation sites (tertiary alicyclic amines) is 1. The van der Waals surface area contributed by atoms with Crippen molar-refractivity contribution in [2.75, 3.05) is 18.4 Å². The molecular weight excluding hydrogens is 464 g/mol. The molecule has 3 aromatic rings. The van der Waals surface area contributed by atoms with Crippen molar-refractivity contribution in [3.8, 4) is 0 Å². The van der Waals surface area contributed by atoms with Gasteiger partial charge in [-0.25, -0.2) is 26.0 Å². The number of benzene rings is 2. The van der Waals surface area contributed by atoms with Crippen LogP contribution in [0.15, 0.2) is 53.6 Å². The van der Waals surface area contributed by atoms with Crippen molar-refractivity contribution in [2.45, 2.75) is 30.2 Å². The molecule has 170 valence electrons. The van der Waals surface area contributed by atoms with Crippen molar-refractivity contribution in [2.24, 2.45) is 0 Å². The second-order valence-electron chi connectivity index (χ2n) is 7.53. The van der Waals surface area contributed by atoms with Gasteiger partial charge in [0.05, 0.1) is 10.4 Å². The first kappa shape index (κ1) is 22.3. The first-order valence-corrected chi connectivity index (χ1v) is 11.7. The Morgan fingerprint density at radius 3 is 2.38 bits per heavy atom. The van der Waals surface area contributed by atoms with E-state index in [4.69, 9.17) is 16.7 Å². The minimum atomic E-state index is -4.14. The van der Waals surface area contributed by atoms with Gasteiger partial charge >= 0.3 is 6.09 Å². The number of fused-ring (bicyclic) bond motifs is 1. The number of piperidine rings is 1. The number of nitrogens with zero attached hydrogens (tertiary/aromatic N) is 2. The minimum absolute atomic E-state index is 0.0704. The maximum Gasteiger partial charge on any atom is 0.407 e. The Morgan fingerprint density at radius 1 is 1.12 bits per heavy atom. The van der Waals surface area contributed by atoms with E-state index >= 15 is 0 Å². The third-order valence-corrected chi connectivity index (χ3v) is 7.50. The monoisotopic (exact) mass is 483 g/mol. The van der Waals surface area contributed by atoms with E-state index in [1.54, 1.807) is 12.1 Å². The summed E-state index contributed by atoms with van der Waals surface area (Å²) < 4.78 is 55.1. The van der Waals surface area contributed by atoms with Gasteiger partial charge < -0.3 is 15.3 Å². The topological polar surface area (TPSA) is 91.6 Å². The number of hydrogen-bond acceptors (Lipinski definition) is 4. The maximum atomic E-state index is 13.9. The van der Waals surface area contributed by atoms with Crippen molar-refractivity contribution in [3.63, 3.8) is 0 Å². The molecule has 2 aromatic carbocycles. The van der Waals surface area contributed by atoms with Crippen LogP contribution in [0.25, 0.3) is 10.9 Å². The normalized spacial score (nSPS) is 15.4. The lowest BCUT2D eigenvalue weighted by atomic mass is 10.0. The summed E-state index contributed by atoms with van der Waals surface area (Å²) in [5.74, 6) is 0. The van der Waals surface area contributed by atoms with Gasteiger partial charge in [-0.05, 0) is 49.2 Å². The molecule has 0 spiro atoms. The van der Waals surface area contributed by atoms with E-state index in [0.29, 0.717) is 36.6 Å². The van der Waals surface area contributed by atoms with Crippen molar-refractivity contribution in [1.29, 1.82) is 0 Å². The molecule has 2 N–H and O–H groups in total. The van der Waals surface area contributed by atoms with Gasteiger partial charge in [0.15, 0.2) is 0 Å². The predicted octanol–water partition coefficient (Wildman–Crippen LogP) is 5.02. The number of rotatable bonds is 5. The number of carboxylic acid groups (broad SMARTS) is 1. The number of nitrogens with one attached hydrogen (secondary N) is 1. The Bertz CT molecular complexity index is 1250. The molecule has 0 aliphatic carbocycles. The molecule has 1 aromatic heterocycles. The molecule has 0 unspecified atom stereocenters. The number of amides is 1. The summed E-state index contributed by atoms with van der Waals surface area (Å²) >= 11 is 5.84. The smallest absolute Gasteiger partial charge is 0.407 e. The number of anilines is 1. The maximum absolute atomic E-state index is 13.9. The molecule has 2 heterocycles. The molecule has 1 amide bonds. The van der Waals surface area contributed by atoms with E-state index < -0.39 is 28.1 Å². The van der Waals surface area contributed by atoms with Gasteiger partial charge in [-0.2, -0.15) is 0 Å². The largest absolute Gasteiger partial charge is 0.465 e. The first-order valence-electron chi connectivity index (χ1n) is 9.86. The number of hydrogen-bond donors (Lipinski definition) is 2. The van der Waals surface area contributed by atoms with Gasteiger partial charge in [0.25, 0.3) is 16.4 Å². The molecule has 1 fully saturated rings. The van der Waals surface area contributed by atoms with Crippen molar-refractivity contribution >= 4 is 44.3 Å². The fraction of sp³-hybridized carbons (Fsp3) is 0.286. The Balaban J connectivity index is 1.75. The van der Waals surface area contributed by atoms with Crippen LogP contribution in [0.1, 0.15) is 24.8 Å². The zero-order valence-electron chi connectivity index (χ0n) is 16.7. The average Bonchev–Trinajstić information content (AvgIpc) is 3.16. The Kier molecular flexibility index (Phi) is 6.00. The van der Waals surface area contributed by atoms with Crippen LogP contribution in [-0.4, -0.2) is 47.6 Å². The lowest BCUT2D eigenvalue weighted by molar-refractivity contribution is 0.133. The summed E-state index contributed by atoms with van der Waals surface area (Å²) in [5.41, 5.74) is 0.114. The lowest BCUT2D eigenvalue weighted by Gasteiger charge is -2.31.